The van der Waals surface area contributed by atoms with Crippen molar-refractivity contribution in [1.82, 2.24) is 4.57 Å². The van der Waals surface area contributed by atoms with Crippen LogP contribution in [0.25, 0.3) is 0 Å². The molecular weight excluding hydrogens is 266 g/mol. The third-order valence-corrected chi connectivity index (χ3v) is 3.17. The second-order valence-electron chi connectivity index (χ2n) is 4.25. The van der Waals surface area contributed by atoms with E-state index < -0.39 is 0 Å². The number of halogens is 1. The molecule has 0 aliphatic heterocycles. The quantitative estimate of drug-likeness (QED) is 0.939. The monoisotopic (exact) mass is 279 g/mol. The van der Waals surface area contributed by atoms with Crippen molar-refractivity contribution in [1.29, 1.82) is 0 Å². The maximum Gasteiger partial charge on any atom is 0.254 e. The molecule has 0 atom stereocenters. The van der Waals surface area contributed by atoms with Gasteiger partial charge in [0.2, 0.25) is 0 Å². The van der Waals surface area contributed by atoms with Crippen molar-refractivity contribution < 1.29 is 9.84 Å². The number of nitrogens with zero attached hydrogens (tertiary/aromatic N) is 1. The highest BCUT2D eigenvalue weighted by molar-refractivity contribution is 6.32. The Balaban J connectivity index is 2.37. The Bertz CT molecular complexity index is 664. The van der Waals surface area contributed by atoms with Crippen LogP contribution < -0.4 is 10.3 Å². The summed E-state index contributed by atoms with van der Waals surface area (Å²) < 4.78 is 6.65. The summed E-state index contributed by atoms with van der Waals surface area (Å²) in [5, 5.41) is 9.85. The Morgan fingerprint density at radius 1 is 1.32 bits per heavy atom. The second kappa shape index (κ2) is 5.36. The fourth-order valence-corrected chi connectivity index (χ4v) is 2.19. The molecule has 0 unspecified atom stereocenters. The molecule has 0 amide bonds. The van der Waals surface area contributed by atoms with E-state index in [0.717, 1.165) is 5.56 Å². The maximum absolute atomic E-state index is 11.8. The molecule has 0 fully saturated rings. The van der Waals surface area contributed by atoms with Gasteiger partial charge in [0.1, 0.15) is 11.5 Å². The maximum atomic E-state index is 11.8. The number of aryl methyl sites for hydroxylation is 1. The molecule has 2 aromatic rings. The van der Waals surface area contributed by atoms with Gasteiger partial charge in [0.15, 0.2) is 0 Å². The molecule has 0 saturated heterocycles. The third kappa shape index (κ3) is 2.90. The summed E-state index contributed by atoms with van der Waals surface area (Å²) in [6, 6.07) is 8.12. The van der Waals surface area contributed by atoms with Gasteiger partial charge >= 0.3 is 0 Å². The first-order valence-electron chi connectivity index (χ1n) is 5.74. The van der Waals surface area contributed by atoms with Crippen molar-refractivity contribution in [3.63, 3.8) is 0 Å². The zero-order valence-electron chi connectivity index (χ0n) is 10.7. The molecule has 5 heteroatoms. The smallest absolute Gasteiger partial charge is 0.254 e. The van der Waals surface area contributed by atoms with Crippen LogP contribution in [0.15, 0.2) is 35.1 Å². The molecule has 0 aliphatic rings. The van der Waals surface area contributed by atoms with Gasteiger partial charge in [-0.3, -0.25) is 4.79 Å². The van der Waals surface area contributed by atoms with Crippen molar-refractivity contribution in [3.05, 3.63) is 57.0 Å². The molecule has 1 heterocycles. The van der Waals surface area contributed by atoms with Gasteiger partial charge in [0.25, 0.3) is 5.56 Å². The highest BCUT2D eigenvalue weighted by Crippen LogP contribution is 2.25. The van der Waals surface area contributed by atoms with Crippen molar-refractivity contribution in [3.8, 4) is 11.5 Å². The van der Waals surface area contributed by atoms with Gasteiger partial charge in [-0.25, -0.2) is 0 Å². The van der Waals surface area contributed by atoms with E-state index >= 15 is 0 Å². The Labute approximate surface area is 115 Å². The summed E-state index contributed by atoms with van der Waals surface area (Å²) in [6.07, 6.45) is 0. The summed E-state index contributed by atoms with van der Waals surface area (Å²) in [6.45, 7) is 2.17. The van der Waals surface area contributed by atoms with E-state index in [-0.39, 0.29) is 11.3 Å². The number of ether oxygens (including phenoxy) is 1. The molecule has 1 aromatic heterocycles. The number of benzene rings is 1. The number of rotatable bonds is 3. The van der Waals surface area contributed by atoms with E-state index in [1.165, 1.54) is 6.07 Å². The summed E-state index contributed by atoms with van der Waals surface area (Å²) >= 11 is 6.05. The number of methoxy groups -OCH3 is 1. The van der Waals surface area contributed by atoms with Gasteiger partial charge in [0.05, 0.1) is 18.7 Å². The Morgan fingerprint density at radius 2 is 2.05 bits per heavy atom. The van der Waals surface area contributed by atoms with E-state index in [0.29, 0.717) is 23.0 Å². The molecule has 0 spiro atoms. The molecule has 19 heavy (non-hydrogen) atoms. The van der Waals surface area contributed by atoms with E-state index in [9.17, 15) is 9.90 Å². The Hall–Kier alpha value is -1.94. The third-order valence-electron chi connectivity index (χ3n) is 2.88. The van der Waals surface area contributed by atoms with Crippen LogP contribution in [0.1, 0.15) is 11.3 Å². The average molecular weight is 280 g/mol. The molecule has 0 bridgehead atoms. The molecule has 0 radical (unpaired) electrons. The zero-order chi connectivity index (χ0) is 14.0. The van der Waals surface area contributed by atoms with Crippen molar-refractivity contribution in [2.75, 3.05) is 7.11 Å². The summed E-state index contributed by atoms with van der Waals surface area (Å²) in [5.74, 6) is 0.576. The lowest BCUT2D eigenvalue weighted by Gasteiger charge is -2.11. The summed E-state index contributed by atoms with van der Waals surface area (Å²) in [7, 11) is 1.55. The standard InChI is InChI=1S/C14H14ClNO3/c1-9-5-11(17)7-14(18)16(9)8-10-3-4-13(19-2)12(15)6-10/h3-7,17H,8H2,1-2H3. The van der Waals surface area contributed by atoms with Crippen LogP contribution in [0.5, 0.6) is 11.5 Å². The Kier molecular flexibility index (Phi) is 3.81. The minimum Gasteiger partial charge on any atom is -0.508 e. The first kappa shape index (κ1) is 13.5. The van der Waals surface area contributed by atoms with Gasteiger partial charge < -0.3 is 14.4 Å². The highest BCUT2D eigenvalue weighted by atomic mass is 35.5. The first-order chi connectivity index (χ1) is 9.01. The minimum absolute atomic E-state index is 0.0217. The van der Waals surface area contributed by atoms with Crippen LogP contribution in [-0.2, 0) is 6.54 Å². The van der Waals surface area contributed by atoms with Crippen molar-refractivity contribution >= 4 is 11.6 Å². The summed E-state index contributed by atoms with van der Waals surface area (Å²) in [5.41, 5.74) is 1.34. The highest BCUT2D eigenvalue weighted by Gasteiger charge is 2.06. The van der Waals surface area contributed by atoms with Crippen LogP contribution >= 0.6 is 11.6 Å². The van der Waals surface area contributed by atoms with Crippen LogP contribution in [0, 0.1) is 6.92 Å². The molecular formula is C14H14ClNO3. The zero-order valence-corrected chi connectivity index (χ0v) is 11.4. The predicted molar refractivity (Wildman–Crippen MR) is 74.2 cm³/mol. The van der Waals surface area contributed by atoms with Crippen LogP contribution in [0.3, 0.4) is 0 Å². The lowest BCUT2D eigenvalue weighted by atomic mass is 10.2. The largest absolute Gasteiger partial charge is 0.508 e. The number of hydrogen-bond donors (Lipinski definition) is 1. The fourth-order valence-electron chi connectivity index (χ4n) is 1.91. The first-order valence-corrected chi connectivity index (χ1v) is 6.12. The predicted octanol–water partition coefficient (Wildman–Crippen LogP) is 2.57. The molecule has 1 aromatic carbocycles. The topological polar surface area (TPSA) is 51.5 Å². The SMILES string of the molecule is COc1ccc(Cn2c(C)cc(O)cc2=O)cc1Cl. The lowest BCUT2D eigenvalue weighted by molar-refractivity contribution is 0.415. The number of pyridine rings is 1. The van der Waals surface area contributed by atoms with Crippen LogP contribution in [0.4, 0.5) is 0 Å². The van der Waals surface area contributed by atoms with E-state index in [1.807, 2.05) is 6.07 Å². The molecule has 4 nitrogen and oxygen atoms in total. The van der Waals surface area contributed by atoms with E-state index in [2.05, 4.69) is 0 Å². The average Bonchev–Trinajstić information content (AvgIpc) is 2.34. The normalized spacial score (nSPS) is 10.5. The van der Waals surface area contributed by atoms with Crippen LogP contribution in [0.2, 0.25) is 5.02 Å². The molecule has 0 aliphatic carbocycles. The second-order valence-corrected chi connectivity index (χ2v) is 4.66. The number of hydrogen-bond acceptors (Lipinski definition) is 3. The van der Waals surface area contributed by atoms with Gasteiger partial charge in [0, 0.05) is 11.8 Å². The van der Waals surface area contributed by atoms with E-state index in [4.69, 9.17) is 16.3 Å². The van der Waals surface area contributed by atoms with Crippen LogP contribution in [-0.4, -0.2) is 16.8 Å². The van der Waals surface area contributed by atoms with Gasteiger partial charge in [-0.1, -0.05) is 17.7 Å². The molecule has 1 N–H and O–H groups in total. The molecule has 100 valence electrons. The molecule has 0 saturated carbocycles. The van der Waals surface area contributed by atoms with Crippen molar-refractivity contribution in [2.45, 2.75) is 13.5 Å². The van der Waals surface area contributed by atoms with Gasteiger partial charge in [-0.15, -0.1) is 0 Å². The lowest BCUT2D eigenvalue weighted by Crippen LogP contribution is -2.21. The molecule has 2 rings (SSSR count). The van der Waals surface area contributed by atoms with Gasteiger partial charge in [-0.05, 0) is 30.7 Å². The number of aromatic hydroxyl groups is 1. The van der Waals surface area contributed by atoms with E-state index in [1.54, 1.807) is 36.8 Å². The van der Waals surface area contributed by atoms with Crippen molar-refractivity contribution in [2.24, 2.45) is 0 Å². The fraction of sp³-hybridized carbons (Fsp3) is 0.214. The Morgan fingerprint density at radius 3 is 2.63 bits per heavy atom. The minimum atomic E-state index is -0.246. The number of aromatic nitrogens is 1. The summed E-state index contributed by atoms with van der Waals surface area (Å²) in [4.78, 5) is 11.8. The van der Waals surface area contributed by atoms with Gasteiger partial charge in [-0.2, -0.15) is 0 Å².